The average molecular weight is 258 g/mol. The smallest absolute Gasteiger partial charge is 0.274 e. The second-order valence-electron chi connectivity index (χ2n) is 3.98. The van der Waals surface area contributed by atoms with E-state index in [4.69, 9.17) is 15.6 Å². The normalized spacial score (nSPS) is 35.7. The molecule has 0 spiro atoms. The quantitative estimate of drug-likeness (QED) is 0.313. The van der Waals surface area contributed by atoms with Crippen molar-refractivity contribution in [2.24, 2.45) is 5.73 Å². The maximum Gasteiger partial charge on any atom is 0.274 e. The van der Waals surface area contributed by atoms with Crippen LogP contribution in [0.1, 0.15) is 10.5 Å². The molecule has 18 heavy (non-hydrogen) atoms. The molecule has 100 valence electrons. The van der Waals surface area contributed by atoms with Crippen LogP contribution in [0.4, 0.5) is 0 Å². The van der Waals surface area contributed by atoms with Gasteiger partial charge in [0, 0.05) is 6.20 Å². The zero-order chi connectivity index (χ0) is 13.3. The fourth-order valence-corrected chi connectivity index (χ4v) is 1.72. The van der Waals surface area contributed by atoms with Crippen LogP contribution >= 0.6 is 0 Å². The maximum absolute atomic E-state index is 11.7. The van der Waals surface area contributed by atoms with Crippen LogP contribution < -0.4 is 11.1 Å². The number of carbonyl (C=O) groups is 1. The first-order valence-electron chi connectivity index (χ1n) is 5.23. The summed E-state index contributed by atoms with van der Waals surface area (Å²) >= 11 is 0. The lowest BCUT2D eigenvalue weighted by Gasteiger charge is -2.27. The van der Waals surface area contributed by atoms with E-state index in [-0.39, 0.29) is 5.69 Å². The molecule has 9 nitrogen and oxygen atoms in total. The summed E-state index contributed by atoms with van der Waals surface area (Å²) in [5, 5.41) is 30.4. The minimum Gasteiger partial charge on any atom is -0.394 e. The van der Waals surface area contributed by atoms with Gasteiger partial charge in [0.25, 0.3) is 5.91 Å². The zero-order valence-electron chi connectivity index (χ0n) is 9.28. The van der Waals surface area contributed by atoms with Gasteiger partial charge in [-0.05, 0) is 0 Å². The number of ether oxygens (including phenoxy) is 1. The number of hydrogen-bond acceptors (Lipinski definition) is 7. The van der Waals surface area contributed by atoms with Crippen LogP contribution in [0.25, 0.3) is 0 Å². The second kappa shape index (κ2) is 4.63. The van der Waals surface area contributed by atoms with Crippen LogP contribution in [0, 0.1) is 0 Å². The molecule has 0 radical (unpaired) electrons. The number of H-pyrrole nitrogens is 1. The van der Waals surface area contributed by atoms with Crippen LogP contribution in [0.2, 0.25) is 0 Å². The van der Waals surface area contributed by atoms with E-state index in [2.05, 4.69) is 15.3 Å². The van der Waals surface area contributed by atoms with Crippen LogP contribution in [-0.4, -0.2) is 62.0 Å². The Kier molecular flexibility index (Phi) is 3.32. The standard InChI is InChI=1S/C9H14N4O5/c10-9(7(16)6(15)5(2-14)18-9)13-8(17)4-1-11-3-12-4/h1,3,5-7,14-16H,2,10H2,(H,11,12)(H,13,17)/t5-,6-,7-,9+/m1/s1. The van der Waals surface area contributed by atoms with Gasteiger partial charge in [-0.15, -0.1) is 0 Å². The van der Waals surface area contributed by atoms with E-state index >= 15 is 0 Å². The molecule has 1 aliphatic rings. The number of nitrogens with zero attached hydrogens (tertiary/aromatic N) is 1. The van der Waals surface area contributed by atoms with Crippen molar-refractivity contribution in [3.8, 4) is 0 Å². The van der Waals surface area contributed by atoms with E-state index in [1.165, 1.54) is 12.5 Å². The SMILES string of the molecule is N[C@@]1(NC(=O)c2c[nH]cn2)O[C@H](CO)[C@@H](O)[C@H]1O. The summed E-state index contributed by atoms with van der Waals surface area (Å²) in [6.45, 7) is -0.532. The summed E-state index contributed by atoms with van der Waals surface area (Å²) in [5.74, 6) is -2.65. The lowest BCUT2D eigenvalue weighted by molar-refractivity contribution is -0.103. The van der Waals surface area contributed by atoms with Crippen LogP contribution in [0.15, 0.2) is 12.5 Å². The molecule has 0 aromatic carbocycles. The van der Waals surface area contributed by atoms with Gasteiger partial charge in [-0.1, -0.05) is 0 Å². The molecule has 2 heterocycles. The molecule has 1 saturated heterocycles. The summed E-state index contributed by atoms with van der Waals surface area (Å²) in [4.78, 5) is 18.0. The number of aliphatic hydroxyl groups excluding tert-OH is 3. The summed E-state index contributed by atoms with van der Waals surface area (Å²) in [6, 6.07) is 0. The number of carbonyl (C=O) groups excluding carboxylic acids is 1. The van der Waals surface area contributed by atoms with Gasteiger partial charge >= 0.3 is 0 Å². The largest absolute Gasteiger partial charge is 0.394 e. The first kappa shape index (κ1) is 12.9. The van der Waals surface area contributed by atoms with Gasteiger partial charge in [-0.25, -0.2) is 4.98 Å². The van der Waals surface area contributed by atoms with E-state index in [0.717, 1.165) is 0 Å². The molecular formula is C9H14N4O5. The number of nitrogens with two attached hydrogens (primary N) is 1. The Morgan fingerprint density at radius 2 is 2.39 bits per heavy atom. The summed E-state index contributed by atoms with van der Waals surface area (Å²) in [6.07, 6.45) is -1.38. The third kappa shape index (κ3) is 2.09. The number of aromatic nitrogens is 2. The van der Waals surface area contributed by atoms with E-state index in [9.17, 15) is 15.0 Å². The van der Waals surface area contributed by atoms with Crippen molar-refractivity contribution in [3.05, 3.63) is 18.2 Å². The molecule has 1 aromatic rings. The third-order valence-electron chi connectivity index (χ3n) is 2.71. The van der Waals surface area contributed by atoms with Crippen LogP contribution in [-0.2, 0) is 4.74 Å². The van der Waals surface area contributed by atoms with Gasteiger partial charge in [-0.2, -0.15) is 0 Å². The molecule has 0 aliphatic carbocycles. The van der Waals surface area contributed by atoms with E-state index < -0.39 is 36.7 Å². The van der Waals surface area contributed by atoms with Crippen molar-refractivity contribution in [2.45, 2.75) is 24.2 Å². The molecular weight excluding hydrogens is 244 g/mol. The van der Waals surface area contributed by atoms with Crippen molar-refractivity contribution < 1.29 is 24.9 Å². The topological polar surface area (TPSA) is 154 Å². The predicted octanol–water partition coefficient (Wildman–Crippen LogP) is -3.14. The Balaban J connectivity index is 2.11. The maximum atomic E-state index is 11.7. The highest BCUT2D eigenvalue weighted by Crippen LogP contribution is 2.25. The number of hydrogen-bond donors (Lipinski definition) is 6. The molecule has 0 unspecified atom stereocenters. The minimum atomic E-state index is -1.97. The molecule has 7 N–H and O–H groups in total. The summed E-state index contributed by atoms with van der Waals surface area (Å²) < 4.78 is 5.05. The van der Waals surface area contributed by atoms with Crippen molar-refractivity contribution >= 4 is 5.91 Å². The van der Waals surface area contributed by atoms with Gasteiger partial charge < -0.3 is 30.4 Å². The van der Waals surface area contributed by atoms with Crippen molar-refractivity contribution in [2.75, 3.05) is 6.61 Å². The lowest BCUT2D eigenvalue weighted by atomic mass is 10.1. The first-order valence-corrected chi connectivity index (χ1v) is 5.23. The highest BCUT2D eigenvalue weighted by molar-refractivity contribution is 5.92. The number of rotatable bonds is 3. The van der Waals surface area contributed by atoms with Gasteiger partial charge in [0.15, 0.2) is 0 Å². The molecule has 1 fully saturated rings. The fourth-order valence-electron chi connectivity index (χ4n) is 1.72. The van der Waals surface area contributed by atoms with Gasteiger partial charge in [0.2, 0.25) is 5.85 Å². The average Bonchev–Trinajstić information content (AvgIpc) is 2.93. The number of aliphatic hydroxyl groups is 3. The molecule has 2 rings (SSSR count). The molecule has 1 amide bonds. The Bertz CT molecular complexity index is 425. The molecule has 4 atom stereocenters. The summed E-state index contributed by atoms with van der Waals surface area (Å²) in [5.41, 5.74) is 5.71. The summed E-state index contributed by atoms with van der Waals surface area (Å²) in [7, 11) is 0. The Morgan fingerprint density at radius 1 is 1.67 bits per heavy atom. The van der Waals surface area contributed by atoms with Crippen LogP contribution in [0.3, 0.4) is 0 Å². The second-order valence-corrected chi connectivity index (χ2v) is 3.98. The highest BCUT2D eigenvalue weighted by atomic mass is 16.6. The Labute approximate surface area is 102 Å². The number of amides is 1. The molecule has 1 aliphatic heterocycles. The van der Waals surface area contributed by atoms with E-state index in [0.29, 0.717) is 0 Å². The van der Waals surface area contributed by atoms with Gasteiger partial charge in [0.1, 0.15) is 24.0 Å². The van der Waals surface area contributed by atoms with Crippen molar-refractivity contribution in [3.63, 3.8) is 0 Å². The van der Waals surface area contributed by atoms with Crippen molar-refractivity contribution in [1.82, 2.24) is 15.3 Å². The Morgan fingerprint density at radius 3 is 2.89 bits per heavy atom. The molecule has 1 aromatic heterocycles. The predicted molar refractivity (Wildman–Crippen MR) is 56.9 cm³/mol. The highest BCUT2D eigenvalue weighted by Gasteiger charge is 2.52. The molecule has 0 saturated carbocycles. The van der Waals surface area contributed by atoms with Crippen molar-refractivity contribution in [1.29, 1.82) is 0 Å². The molecule has 9 heteroatoms. The van der Waals surface area contributed by atoms with Gasteiger partial charge in [0.05, 0.1) is 12.9 Å². The van der Waals surface area contributed by atoms with Crippen LogP contribution in [0.5, 0.6) is 0 Å². The zero-order valence-corrected chi connectivity index (χ0v) is 9.28. The fraction of sp³-hybridized carbons (Fsp3) is 0.556. The Hall–Kier alpha value is -1.52. The monoisotopic (exact) mass is 258 g/mol. The minimum absolute atomic E-state index is 0.0533. The number of nitrogens with one attached hydrogen (secondary N) is 2. The number of imidazole rings is 1. The molecule has 0 bridgehead atoms. The third-order valence-corrected chi connectivity index (χ3v) is 2.71. The van der Waals surface area contributed by atoms with E-state index in [1.807, 2.05) is 0 Å². The lowest BCUT2D eigenvalue weighted by Crippen LogP contribution is -2.63. The number of aromatic amines is 1. The first-order chi connectivity index (χ1) is 8.48. The van der Waals surface area contributed by atoms with E-state index in [1.54, 1.807) is 0 Å². The van der Waals surface area contributed by atoms with Gasteiger partial charge in [-0.3, -0.25) is 10.5 Å².